The van der Waals surface area contributed by atoms with E-state index in [9.17, 15) is 22.4 Å². The second kappa shape index (κ2) is 5.51. The molecule has 0 saturated heterocycles. The van der Waals surface area contributed by atoms with Crippen LogP contribution in [0.1, 0.15) is 19.8 Å². The topological polar surface area (TPSA) is 46.5 Å². The molecule has 0 saturated carbocycles. The molecular weight excluding hydrogens is 256 g/mol. The summed E-state index contributed by atoms with van der Waals surface area (Å²) in [7, 11) is 0. The molecule has 0 aromatic heterocycles. The summed E-state index contributed by atoms with van der Waals surface area (Å²) in [6, 6.07) is 0. The number of hydrogen-bond donors (Lipinski definition) is 1. The number of ether oxygens (including phenoxy) is 1. The predicted molar refractivity (Wildman–Crippen MR) is 54.1 cm³/mol. The smallest absolute Gasteiger partial charge is 0.306 e. The maximum Gasteiger partial charge on any atom is 0.306 e. The highest BCUT2D eigenvalue weighted by atomic mass is 19.2. The molecule has 0 amide bonds. The minimum absolute atomic E-state index is 0.126. The maximum absolute atomic E-state index is 13.3. The average Bonchev–Trinajstić information content (AvgIpc) is 2.30. The highest BCUT2D eigenvalue weighted by Crippen LogP contribution is 2.39. The Labute approximate surface area is 101 Å². The van der Waals surface area contributed by atoms with E-state index in [1.54, 1.807) is 6.92 Å². The predicted octanol–water partition coefficient (Wildman–Crippen LogP) is 2.42. The Morgan fingerprint density at radius 2 is 2.17 bits per heavy atom. The largest absolute Gasteiger partial charge is 0.466 e. The lowest BCUT2D eigenvalue weighted by molar-refractivity contribution is -0.143. The number of carbonyl (C=O) groups excluding carboxylic acids is 1. The van der Waals surface area contributed by atoms with Crippen molar-refractivity contribution >= 4 is 5.97 Å². The van der Waals surface area contributed by atoms with Crippen molar-refractivity contribution in [2.75, 3.05) is 6.61 Å². The van der Waals surface area contributed by atoms with E-state index in [0.717, 1.165) is 0 Å². The van der Waals surface area contributed by atoms with Gasteiger partial charge in [0.2, 0.25) is 6.17 Å². The zero-order valence-corrected chi connectivity index (χ0v) is 9.55. The molecule has 0 fully saturated rings. The quantitative estimate of drug-likeness (QED) is 0.629. The first kappa shape index (κ1) is 14.7. The molecule has 0 aliphatic heterocycles. The van der Waals surface area contributed by atoms with Gasteiger partial charge in [0.25, 0.3) is 5.85 Å². The molecule has 0 aromatic rings. The first-order chi connectivity index (χ1) is 8.30. The molecule has 2 atom stereocenters. The van der Waals surface area contributed by atoms with Gasteiger partial charge in [-0.2, -0.15) is 0 Å². The normalized spacial score (nSPS) is 28.1. The Balaban J connectivity index is 2.78. The van der Waals surface area contributed by atoms with E-state index in [2.05, 4.69) is 4.74 Å². The molecule has 3 nitrogen and oxygen atoms in total. The molecule has 0 spiro atoms. The molecule has 7 heteroatoms. The van der Waals surface area contributed by atoms with Gasteiger partial charge in [-0.25, -0.2) is 17.6 Å². The van der Waals surface area contributed by atoms with Crippen molar-refractivity contribution in [1.29, 1.82) is 0 Å². The molecule has 0 heterocycles. The molecule has 0 aromatic carbocycles. The lowest BCUT2D eigenvalue weighted by atomic mass is 9.96. The second-order valence-electron chi connectivity index (χ2n) is 3.71. The number of alkyl halides is 2. The van der Waals surface area contributed by atoms with Crippen LogP contribution in [0.4, 0.5) is 17.6 Å². The van der Waals surface area contributed by atoms with Gasteiger partial charge in [0.15, 0.2) is 5.83 Å². The fraction of sp³-hybridized carbons (Fsp3) is 0.545. The molecule has 102 valence electrons. The molecule has 2 unspecified atom stereocenters. The van der Waals surface area contributed by atoms with Gasteiger partial charge >= 0.3 is 5.97 Å². The summed E-state index contributed by atoms with van der Waals surface area (Å²) in [4.78, 5) is 11.0. The zero-order chi connectivity index (χ0) is 13.9. The summed E-state index contributed by atoms with van der Waals surface area (Å²) in [5.41, 5.74) is -0.504. The van der Waals surface area contributed by atoms with Crippen LogP contribution >= 0.6 is 0 Å². The molecule has 1 N–H and O–H groups in total. The molecule has 1 rings (SSSR count). The molecule has 1 aliphatic carbocycles. The summed E-state index contributed by atoms with van der Waals surface area (Å²) in [5, 5.41) is 8.71. The van der Waals surface area contributed by atoms with Crippen molar-refractivity contribution in [3.63, 3.8) is 0 Å². The van der Waals surface area contributed by atoms with Crippen LogP contribution in [0.25, 0.3) is 0 Å². The fourth-order valence-electron chi connectivity index (χ4n) is 1.44. The van der Waals surface area contributed by atoms with Gasteiger partial charge in [-0.15, -0.1) is 0 Å². The van der Waals surface area contributed by atoms with Crippen LogP contribution in [0.2, 0.25) is 0 Å². The van der Waals surface area contributed by atoms with Gasteiger partial charge < -0.3 is 9.84 Å². The van der Waals surface area contributed by atoms with Crippen LogP contribution in [0, 0.1) is 0 Å². The van der Waals surface area contributed by atoms with Gasteiger partial charge in [0.05, 0.1) is 6.61 Å². The van der Waals surface area contributed by atoms with Crippen molar-refractivity contribution in [2.45, 2.75) is 31.8 Å². The minimum Gasteiger partial charge on any atom is -0.466 e. The standard InChI is InChI=1S/C11H12F4O3/c1-2-18-8(16)4-3-6-5-7(12)11(15,17)10(14)9(6)13/h5,10,17H,2-4H2,1H3. The highest BCUT2D eigenvalue weighted by Gasteiger charge is 2.48. The molecule has 0 radical (unpaired) electrons. The van der Waals surface area contributed by atoms with E-state index in [1.807, 2.05) is 0 Å². The van der Waals surface area contributed by atoms with Crippen LogP contribution < -0.4 is 0 Å². The maximum atomic E-state index is 13.3. The van der Waals surface area contributed by atoms with Crippen molar-refractivity contribution in [3.05, 3.63) is 23.3 Å². The second-order valence-corrected chi connectivity index (χ2v) is 3.71. The average molecular weight is 268 g/mol. The number of halogens is 4. The minimum atomic E-state index is -3.99. The van der Waals surface area contributed by atoms with Gasteiger partial charge in [-0.3, -0.25) is 4.79 Å². The number of rotatable bonds is 4. The van der Waals surface area contributed by atoms with Crippen LogP contribution in [0.15, 0.2) is 23.3 Å². The van der Waals surface area contributed by atoms with Crippen LogP contribution in [0.3, 0.4) is 0 Å². The van der Waals surface area contributed by atoms with Crippen LogP contribution in [-0.4, -0.2) is 29.7 Å². The summed E-state index contributed by atoms with van der Waals surface area (Å²) >= 11 is 0. The first-order valence-electron chi connectivity index (χ1n) is 5.27. The molecule has 0 bridgehead atoms. The van der Waals surface area contributed by atoms with Crippen LogP contribution in [-0.2, 0) is 9.53 Å². The van der Waals surface area contributed by atoms with Gasteiger partial charge in [0.1, 0.15) is 5.83 Å². The van der Waals surface area contributed by atoms with Gasteiger partial charge in [-0.1, -0.05) is 0 Å². The Morgan fingerprint density at radius 1 is 1.56 bits per heavy atom. The fourth-order valence-corrected chi connectivity index (χ4v) is 1.44. The van der Waals surface area contributed by atoms with E-state index in [1.165, 1.54) is 0 Å². The monoisotopic (exact) mass is 268 g/mol. The Kier molecular flexibility index (Phi) is 4.50. The van der Waals surface area contributed by atoms with E-state index in [4.69, 9.17) is 5.11 Å². The summed E-state index contributed by atoms with van der Waals surface area (Å²) in [6.07, 6.45) is -3.41. The van der Waals surface area contributed by atoms with E-state index in [0.29, 0.717) is 6.08 Å². The molecule has 1 aliphatic rings. The van der Waals surface area contributed by atoms with E-state index in [-0.39, 0.29) is 19.4 Å². The first-order valence-corrected chi connectivity index (χ1v) is 5.27. The van der Waals surface area contributed by atoms with Gasteiger partial charge in [-0.05, 0) is 25.0 Å². The van der Waals surface area contributed by atoms with Crippen molar-refractivity contribution in [3.8, 4) is 0 Å². The van der Waals surface area contributed by atoms with Gasteiger partial charge in [0, 0.05) is 6.42 Å². The van der Waals surface area contributed by atoms with Crippen molar-refractivity contribution < 1.29 is 32.2 Å². The number of esters is 1. The Hall–Kier alpha value is -1.37. The number of aliphatic hydroxyl groups is 1. The lowest BCUT2D eigenvalue weighted by Crippen LogP contribution is -2.38. The zero-order valence-electron chi connectivity index (χ0n) is 9.55. The number of carbonyl (C=O) groups is 1. The Morgan fingerprint density at radius 3 is 2.72 bits per heavy atom. The molecular formula is C11H12F4O3. The number of hydrogen-bond acceptors (Lipinski definition) is 3. The SMILES string of the molecule is CCOC(=O)CCC1=C(F)C(F)C(O)(F)C(F)=C1. The van der Waals surface area contributed by atoms with E-state index < -0.39 is 35.2 Å². The third-order valence-electron chi connectivity index (χ3n) is 2.40. The Bertz CT molecular complexity index is 401. The van der Waals surface area contributed by atoms with Crippen molar-refractivity contribution in [2.24, 2.45) is 0 Å². The van der Waals surface area contributed by atoms with Crippen molar-refractivity contribution in [1.82, 2.24) is 0 Å². The van der Waals surface area contributed by atoms with Crippen LogP contribution in [0.5, 0.6) is 0 Å². The summed E-state index contributed by atoms with van der Waals surface area (Å²) in [6.45, 7) is 1.69. The highest BCUT2D eigenvalue weighted by molar-refractivity contribution is 5.69. The number of allylic oxidation sites excluding steroid dienone is 2. The summed E-state index contributed by atoms with van der Waals surface area (Å²) in [5.74, 6) is -8.10. The molecule has 18 heavy (non-hydrogen) atoms. The third kappa shape index (κ3) is 2.90. The lowest BCUT2D eigenvalue weighted by Gasteiger charge is -2.25. The summed E-state index contributed by atoms with van der Waals surface area (Å²) < 4.78 is 56.9. The third-order valence-corrected chi connectivity index (χ3v) is 2.40. The van der Waals surface area contributed by atoms with E-state index >= 15 is 0 Å².